The lowest BCUT2D eigenvalue weighted by molar-refractivity contribution is 0.102. The zero-order chi connectivity index (χ0) is 32.0. The second kappa shape index (κ2) is 17.0. The molecule has 0 unspecified atom stereocenters. The van der Waals surface area contributed by atoms with Crippen molar-refractivity contribution in [3.63, 3.8) is 0 Å². The highest BCUT2D eigenvalue weighted by Crippen LogP contribution is 2.20. The molecule has 4 aromatic carbocycles. The maximum absolute atomic E-state index is 13.5. The molecule has 0 saturated heterocycles. The number of amides is 3. The smallest absolute Gasteiger partial charge is 0.255 e. The molecule has 6 nitrogen and oxygen atoms in total. The summed E-state index contributed by atoms with van der Waals surface area (Å²) in [5.41, 5.74) is 6.10. The van der Waals surface area contributed by atoms with Crippen LogP contribution in [0.15, 0.2) is 91.0 Å². The van der Waals surface area contributed by atoms with Crippen LogP contribution >= 0.6 is 0 Å². The van der Waals surface area contributed by atoms with E-state index in [4.69, 9.17) is 0 Å². The number of hydrogen-bond donors (Lipinski definition) is 3. The van der Waals surface area contributed by atoms with Crippen molar-refractivity contribution in [1.29, 1.82) is 0 Å². The second-order valence-corrected chi connectivity index (χ2v) is 11.6. The molecule has 0 radical (unpaired) electrons. The monoisotopic (exact) mass is 603 g/mol. The van der Waals surface area contributed by atoms with Gasteiger partial charge in [0.2, 0.25) is 0 Å². The summed E-state index contributed by atoms with van der Waals surface area (Å²) in [6, 6.07) is 28.0. The van der Waals surface area contributed by atoms with Gasteiger partial charge in [0.1, 0.15) is 0 Å². The first-order valence-corrected chi connectivity index (χ1v) is 16.2. The first kappa shape index (κ1) is 33.2. The summed E-state index contributed by atoms with van der Waals surface area (Å²) in [4.78, 5) is 40.6. The number of nitrogens with one attached hydrogen (secondary N) is 3. The summed E-state index contributed by atoms with van der Waals surface area (Å²) in [6.07, 6.45) is 9.24. The zero-order valence-electron chi connectivity index (χ0n) is 26.7. The average molecular weight is 604 g/mol. The van der Waals surface area contributed by atoms with Crippen LogP contribution in [0.25, 0.3) is 0 Å². The Hall–Kier alpha value is -4.71. The molecular formula is C39H45N3O3. The van der Waals surface area contributed by atoms with Crippen LogP contribution in [-0.2, 0) is 19.3 Å². The summed E-state index contributed by atoms with van der Waals surface area (Å²) in [5.74, 6) is -1.18. The first-order chi connectivity index (χ1) is 21.9. The summed E-state index contributed by atoms with van der Waals surface area (Å²) in [7, 11) is 0. The molecule has 0 bridgehead atoms. The van der Waals surface area contributed by atoms with Crippen molar-refractivity contribution in [3.05, 3.63) is 124 Å². The largest absolute Gasteiger partial charge is 0.322 e. The first-order valence-electron chi connectivity index (χ1n) is 16.2. The average Bonchev–Trinajstić information content (AvgIpc) is 3.05. The lowest BCUT2D eigenvalue weighted by atomic mass is 10.0. The van der Waals surface area contributed by atoms with Gasteiger partial charge in [0.05, 0.1) is 0 Å². The van der Waals surface area contributed by atoms with Crippen molar-refractivity contribution in [1.82, 2.24) is 0 Å². The molecule has 3 amide bonds. The van der Waals surface area contributed by atoms with E-state index in [-0.39, 0.29) is 16.7 Å². The zero-order valence-corrected chi connectivity index (χ0v) is 26.7. The fraction of sp³-hybridized carbons (Fsp3) is 0.308. The molecule has 0 aliphatic carbocycles. The van der Waals surface area contributed by atoms with Crippen LogP contribution in [-0.4, -0.2) is 17.7 Å². The van der Waals surface area contributed by atoms with Crippen LogP contribution in [0.4, 0.5) is 17.1 Å². The number of rotatable bonds is 15. The molecule has 3 N–H and O–H groups in total. The minimum atomic E-state index is -0.394. The number of aryl methyl sites for hydroxylation is 3. The van der Waals surface area contributed by atoms with E-state index in [9.17, 15) is 14.4 Å². The van der Waals surface area contributed by atoms with Crippen molar-refractivity contribution in [2.75, 3.05) is 16.0 Å². The Bertz CT molecular complexity index is 1410. The molecule has 0 atom stereocenters. The standard InChI is InChI=1S/C39H45N3O3/c1-4-7-13-28-16-10-19-34(22-28)40-37(43)31-25-32(38(44)41-35-20-11-17-29(23-35)14-8-5-2)27-33(26-31)39(45)42-36-21-12-18-30(24-36)15-9-6-3/h10-12,16-27H,4-9,13-15H2,1-3H3,(H,40,43)(H,41,44)(H,42,45). The highest BCUT2D eigenvalue weighted by atomic mass is 16.2. The maximum Gasteiger partial charge on any atom is 0.255 e. The molecule has 0 fully saturated rings. The van der Waals surface area contributed by atoms with Gasteiger partial charge in [0.15, 0.2) is 0 Å². The normalized spacial score (nSPS) is 10.7. The molecule has 0 heterocycles. The minimum absolute atomic E-state index is 0.222. The Morgan fingerprint density at radius 3 is 1.00 bits per heavy atom. The minimum Gasteiger partial charge on any atom is -0.322 e. The molecule has 0 aliphatic rings. The van der Waals surface area contributed by atoms with E-state index in [2.05, 4.69) is 36.7 Å². The Labute approximate surface area is 267 Å². The Kier molecular flexibility index (Phi) is 12.5. The molecule has 4 aromatic rings. The third kappa shape index (κ3) is 10.2. The van der Waals surface area contributed by atoms with Crippen LogP contribution in [0.2, 0.25) is 0 Å². The van der Waals surface area contributed by atoms with E-state index >= 15 is 0 Å². The number of unbranched alkanes of at least 4 members (excludes halogenated alkanes) is 3. The van der Waals surface area contributed by atoms with Gasteiger partial charge in [-0.05, 0) is 110 Å². The molecular weight excluding hydrogens is 558 g/mol. The molecule has 234 valence electrons. The van der Waals surface area contributed by atoms with Gasteiger partial charge in [-0.1, -0.05) is 76.4 Å². The molecule has 0 saturated carbocycles. The van der Waals surface area contributed by atoms with Gasteiger partial charge in [-0.2, -0.15) is 0 Å². The second-order valence-electron chi connectivity index (χ2n) is 11.6. The van der Waals surface area contributed by atoms with Crippen molar-refractivity contribution in [2.24, 2.45) is 0 Å². The van der Waals surface area contributed by atoms with Crippen molar-refractivity contribution in [3.8, 4) is 0 Å². The molecule has 4 rings (SSSR count). The van der Waals surface area contributed by atoms with E-state index < -0.39 is 17.7 Å². The molecule has 0 aromatic heterocycles. The van der Waals surface area contributed by atoms with Crippen LogP contribution in [0.3, 0.4) is 0 Å². The van der Waals surface area contributed by atoms with Crippen LogP contribution in [0.5, 0.6) is 0 Å². The van der Waals surface area contributed by atoms with Crippen LogP contribution < -0.4 is 16.0 Å². The van der Waals surface area contributed by atoms with E-state index in [0.29, 0.717) is 17.1 Å². The van der Waals surface area contributed by atoms with Crippen LogP contribution in [0, 0.1) is 0 Å². The fourth-order valence-corrected chi connectivity index (χ4v) is 5.19. The van der Waals surface area contributed by atoms with Gasteiger partial charge in [0, 0.05) is 33.8 Å². The Morgan fingerprint density at radius 2 is 0.733 bits per heavy atom. The van der Waals surface area contributed by atoms with Gasteiger partial charge in [0.25, 0.3) is 17.7 Å². The predicted molar refractivity (Wildman–Crippen MR) is 185 cm³/mol. The summed E-state index contributed by atoms with van der Waals surface area (Å²) in [6.45, 7) is 6.44. The molecule has 0 aliphatic heterocycles. The number of carbonyl (C=O) groups excluding carboxylic acids is 3. The maximum atomic E-state index is 13.5. The van der Waals surface area contributed by atoms with Crippen molar-refractivity contribution < 1.29 is 14.4 Å². The van der Waals surface area contributed by atoms with Crippen molar-refractivity contribution in [2.45, 2.75) is 78.6 Å². The summed E-state index contributed by atoms with van der Waals surface area (Å²) in [5, 5.41) is 8.88. The highest BCUT2D eigenvalue weighted by Gasteiger charge is 2.18. The van der Waals surface area contributed by atoms with Gasteiger partial charge in [-0.15, -0.1) is 0 Å². The number of benzene rings is 4. The summed E-state index contributed by atoms with van der Waals surface area (Å²) >= 11 is 0. The SMILES string of the molecule is CCCCc1cccc(NC(=O)c2cc(C(=O)Nc3cccc(CCCC)c3)cc(C(=O)Nc3cccc(CCCC)c3)c2)c1. The van der Waals surface area contributed by atoms with E-state index in [1.54, 1.807) is 0 Å². The van der Waals surface area contributed by atoms with E-state index in [1.165, 1.54) is 18.2 Å². The van der Waals surface area contributed by atoms with Crippen LogP contribution in [0.1, 0.15) is 107 Å². The topological polar surface area (TPSA) is 87.3 Å². The molecule has 6 heteroatoms. The lowest BCUT2D eigenvalue weighted by Crippen LogP contribution is -2.19. The van der Waals surface area contributed by atoms with Gasteiger partial charge in [-0.3, -0.25) is 14.4 Å². The third-order valence-electron chi connectivity index (χ3n) is 7.73. The van der Waals surface area contributed by atoms with E-state index in [1.807, 2.05) is 72.8 Å². The number of carbonyl (C=O) groups is 3. The number of anilines is 3. The summed E-state index contributed by atoms with van der Waals surface area (Å²) < 4.78 is 0. The fourth-order valence-electron chi connectivity index (χ4n) is 5.19. The molecule has 0 spiro atoms. The predicted octanol–water partition coefficient (Wildman–Crippen LogP) is 9.47. The Morgan fingerprint density at radius 1 is 0.444 bits per heavy atom. The van der Waals surface area contributed by atoms with Gasteiger partial charge >= 0.3 is 0 Å². The highest BCUT2D eigenvalue weighted by molar-refractivity contribution is 6.13. The van der Waals surface area contributed by atoms with E-state index in [0.717, 1.165) is 74.5 Å². The van der Waals surface area contributed by atoms with Gasteiger partial charge in [-0.25, -0.2) is 0 Å². The van der Waals surface area contributed by atoms with Crippen molar-refractivity contribution >= 4 is 34.8 Å². The molecule has 45 heavy (non-hydrogen) atoms. The Balaban J connectivity index is 1.61. The number of hydrogen-bond acceptors (Lipinski definition) is 3. The van der Waals surface area contributed by atoms with Gasteiger partial charge < -0.3 is 16.0 Å². The lowest BCUT2D eigenvalue weighted by Gasteiger charge is -2.13. The quantitative estimate of drug-likeness (QED) is 0.126. The third-order valence-corrected chi connectivity index (χ3v) is 7.73.